The lowest BCUT2D eigenvalue weighted by atomic mass is 10.2. The monoisotopic (exact) mass is 328 g/mol. The van der Waals surface area contributed by atoms with Crippen LogP contribution in [0.2, 0.25) is 0 Å². The Morgan fingerprint density at radius 3 is 2.61 bits per heavy atom. The third-order valence-corrected chi connectivity index (χ3v) is 4.02. The molecule has 5 nitrogen and oxygen atoms in total. The summed E-state index contributed by atoms with van der Waals surface area (Å²) in [6.45, 7) is 5.66. The van der Waals surface area contributed by atoms with Crippen molar-refractivity contribution in [3.63, 3.8) is 0 Å². The van der Waals surface area contributed by atoms with Crippen molar-refractivity contribution >= 4 is 27.5 Å². The number of aryl methyl sites for hydroxylation is 1. The number of carbonyl (C=O) groups excluding carboxylic acids is 1. The molecule has 0 N–H and O–H groups in total. The largest absolute Gasteiger partial charge is 0.459 e. The maximum Gasteiger partial charge on any atom is 0.338 e. The Balaban J connectivity index is 1.81. The van der Waals surface area contributed by atoms with Crippen LogP contribution in [0.25, 0.3) is 10.2 Å². The Bertz CT molecular complexity index is 841. The Morgan fingerprint density at radius 2 is 1.91 bits per heavy atom. The van der Waals surface area contributed by atoms with Crippen molar-refractivity contribution < 1.29 is 14.3 Å². The lowest BCUT2D eigenvalue weighted by Gasteiger charge is -2.09. The van der Waals surface area contributed by atoms with Gasteiger partial charge in [0.25, 0.3) is 0 Å². The van der Waals surface area contributed by atoms with Gasteiger partial charge in [-0.05, 0) is 51.1 Å². The van der Waals surface area contributed by atoms with Crippen LogP contribution >= 0.6 is 11.3 Å². The summed E-state index contributed by atoms with van der Waals surface area (Å²) in [5.74, 6) is 0.774. The van der Waals surface area contributed by atoms with E-state index in [9.17, 15) is 4.79 Å². The molecule has 6 heteroatoms. The molecule has 3 aromatic rings. The van der Waals surface area contributed by atoms with Gasteiger partial charge in [-0.3, -0.25) is 0 Å². The molecule has 0 radical (unpaired) electrons. The molecule has 0 saturated heterocycles. The second-order valence-electron chi connectivity index (χ2n) is 5.34. The van der Waals surface area contributed by atoms with Gasteiger partial charge in [-0.15, -0.1) is 11.3 Å². The maximum atomic E-state index is 11.8. The quantitative estimate of drug-likeness (QED) is 0.666. The van der Waals surface area contributed by atoms with E-state index in [-0.39, 0.29) is 12.1 Å². The number of rotatable bonds is 4. The molecule has 0 bridgehead atoms. The third kappa shape index (κ3) is 3.48. The van der Waals surface area contributed by atoms with Crippen LogP contribution < -0.4 is 4.74 Å². The van der Waals surface area contributed by atoms with E-state index in [4.69, 9.17) is 9.47 Å². The van der Waals surface area contributed by atoms with E-state index < -0.39 is 0 Å². The average molecular weight is 328 g/mol. The van der Waals surface area contributed by atoms with Gasteiger partial charge in [-0.25, -0.2) is 14.8 Å². The van der Waals surface area contributed by atoms with Gasteiger partial charge in [0.05, 0.1) is 17.1 Å². The van der Waals surface area contributed by atoms with Crippen LogP contribution in [0.3, 0.4) is 0 Å². The highest BCUT2D eigenvalue weighted by Gasteiger charge is 2.11. The predicted octanol–water partition coefficient (Wildman–Crippen LogP) is 4.36. The molecule has 118 valence electrons. The fraction of sp³-hybridized carbons (Fsp3) is 0.235. The average Bonchev–Trinajstić information content (AvgIpc) is 2.88. The minimum absolute atomic E-state index is 0.144. The molecular formula is C17H16N2O3S. The molecule has 2 aromatic heterocycles. The molecule has 2 heterocycles. The number of fused-ring (bicyclic) bond motifs is 1. The summed E-state index contributed by atoms with van der Waals surface area (Å²) in [4.78, 5) is 22.3. The van der Waals surface area contributed by atoms with Gasteiger partial charge in [0, 0.05) is 4.88 Å². The van der Waals surface area contributed by atoms with Gasteiger partial charge in [0.15, 0.2) is 0 Å². The summed E-state index contributed by atoms with van der Waals surface area (Å²) in [5, 5.41) is 0.887. The van der Waals surface area contributed by atoms with Crippen LogP contribution in [0, 0.1) is 6.92 Å². The second kappa shape index (κ2) is 6.34. The zero-order chi connectivity index (χ0) is 16.4. The summed E-state index contributed by atoms with van der Waals surface area (Å²) >= 11 is 1.60. The molecule has 0 aliphatic rings. The van der Waals surface area contributed by atoms with Gasteiger partial charge in [-0.1, -0.05) is 0 Å². The highest BCUT2D eigenvalue weighted by Crippen LogP contribution is 2.31. The number of nitrogens with zero attached hydrogens (tertiary/aromatic N) is 2. The van der Waals surface area contributed by atoms with Crippen molar-refractivity contribution in [1.82, 2.24) is 9.97 Å². The Hall–Kier alpha value is -2.47. The molecule has 0 saturated carbocycles. The van der Waals surface area contributed by atoms with Crippen molar-refractivity contribution in [1.29, 1.82) is 0 Å². The molecule has 0 aliphatic heterocycles. The van der Waals surface area contributed by atoms with Crippen molar-refractivity contribution in [3.8, 4) is 11.6 Å². The van der Waals surface area contributed by atoms with E-state index in [0.717, 1.165) is 15.1 Å². The molecule has 0 unspecified atom stereocenters. The van der Waals surface area contributed by atoms with Gasteiger partial charge in [0.1, 0.15) is 16.9 Å². The zero-order valence-electron chi connectivity index (χ0n) is 13.1. The number of benzene rings is 1. The molecule has 0 aliphatic carbocycles. The smallest absolute Gasteiger partial charge is 0.338 e. The van der Waals surface area contributed by atoms with Crippen LogP contribution in [-0.2, 0) is 4.74 Å². The number of hydrogen-bond acceptors (Lipinski definition) is 6. The normalized spacial score (nSPS) is 11.0. The Morgan fingerprint density at radius 1 is 1.17 bits per heavy atom. The lowest BCUT2D eigenvalue weighted by Crippen LogP contribution is -2.11. The van der Waals surface area contributed by atoms with Crippen molar-refractivity contribution in [3.05, 3.63) is 47.1 Å². The Labute approximate surface area is 137 Å². The van der Waals surface area contributed by atoms with E-state index >= 15 is 0 Å². The highest BCUT2D eigenvalue weighted by atomic mass is 32.1. The topological polar surface area (TPSA) is 61.3 Å². The van der Waals surface area contributed by atoms with Gasteiger partial charge in [-0.2, -0.15) is 0 Å². The van der Waals surface area contributed by atoms with Gasteiger partial charge >= 0.3 is 5.97 Å². The minimum atomic E-state index is -0.343. The van der Waals surface area contributed by atoms with Crippen LogP contribution in [0.1, 0.15) is 29.1 Å². The third-order valence-electron chi connectivity index (χ3n) is 3.06. The molecule has 23 heavy (non-hydrogen) atoms. The molecule has 0 spiro atoms. The van der Waals surface area contributed by atoms with E-state index in [1.54, 1.807) is 35.6 Å². The molecule has 0 atom stereocenters. The van der Waals surface area contributed by atoms with Crippen LogP contribution in [0.4, 0.5) is 0 Å². The number of hydrogen-bond donors (Lipinski definition) is 0. The number of carbonyl (C=O) groups is 1. The molecule has 0 amide bonds. The van der Waals surface area contributed by atoms with Gasteiger partial charge < -0.3 is 9.47 Å². The summed E-state index contributed by atoms with van der Waals surface area (Å²) in [6.07, 6.45) is 1.34. The van der Waals surface area contributed by atoms with Gasteiger partial charge in [0.2, 0.25) is 5.88 Å². The summed E-state index contributed by atoms with van der Waals surface area (Å²) in [5.41, 5.74) is 0.491. The number of ether oxygens (including phenoxy) is 2. The van der Waals surface area contributed by atoms with Crippen molar-refractivity contribution in [2.45, 2.75) is 26.9 Å². The molecular weight excluding hydrogens is 312 g/mol. The first kappa shape index (κ1) is 15.4. The standard InChI is InChI=1S/C17H16N2O3S/c1-10(2)21-17(20)12-4-6-13(7-5-12)22-15-14-8-11(3)23-16(14)19-9-18-15/h4-10H,1-3H3. The van der Waals surface area contributed by atoms with Crippen molar-refractivity contribution in [2.24, 2.45) is 0 Å². The SMILES string of the molecule is Cc1cc2c(Oc3ccc(C(=O)OC(C)C)cc3)ncnc2s1. The first-order chi connectivity index (χ1) is 11.0. The van der Waals surface area contributed by atoms with Crippen LogP contribution in [-0.4, -0.2) is 22.0 Å². The first-order valence-electron chi connectivity index (χ1n) is 7.23. The fourth-order valence-corrected chi connectivity index (χ4v) is 2.93. The fourth-order valence-electron chi connectivity index (χ4n) is 2.09. The van der Waals surface area contributed by atoms with E-state index in [1.165, 1.54) is 6.33 Å². The summed E-state index contributed by atoms with van der Waals surface area (Å²) in [6, 6.07) is 8.81. The number of thiophene rings is 1. The van der Waals surface area contributed by atoms with Crippen LogP contribution in [0.15, 0.2) is 36.7 Å². The maximum absolute atomic E-state index is 11.8. The highest BCUT2D eigenvalue weighted by molar-refractivity contribution is 7.18. The van der Waals surface area contributed by atoms with E-state index in [0.29, 0.717) is 17.2 Å². The first-order valence-corrected chi connectivity index (χ1v) is 8.04. The predicted molar refractivity (Wildman–Crippen MR) is 89.2 cm³/mol. The molecule has 1 aromatic carbocycles. The van der Waals surface area contributed by atoms with E-state index in [1.807, 2.05) is 26.8 Å². The van der Waals surface area contributed by atoms with Crippen LogP contribution in [0.5, 0.6) is 11.6 Å². The Kier molecular flexibility index (Phi) is 4.25. The zero-order valence-corrected chi connectivity index (χ0v) is 13.9. The minimum Gasteiger partial charge on any atom is -0.459 e. The lowest BCUT2D eigenvalue weighted by molar-refractivity contribution is 0.0378. The summed E-state index contributed by atoms with van der Waals surface area (Å²) in [7, 11) is 0. The van der Waals surface area contributed by atoms with E-state index in [2.05, 4.69) is 9.97 Å². The summed E-state index contributed by atoms with van der Waals surface area (Å²) < 4.78 is 11.0. The number of aromatic nitrogens is 2. The molecule has 3 rings (SSSR count). The number of esters is 1. The second-order valence-corrected chi connectivity index (χ2v) is 6.57. The molecule has 0 fully saturated rings. The van der Waals surface area contributed by atoms with Crippen molar-refractivity contribution in [2.75, 3.05) is 0 Å².